The summed E-state index contributed by atoms with van der Waals surface area (Å²) in [6.07, 6.45) is 1.37. The number of primary amides is 1. The van der Waals surface area contributed by atoms with Gasteiger partial charge >= 0.3 is 0 Å². The number of nitrogen functional groups attached to an aromatic ring is 1. The van der Waals surface area contributed by atoms with Gasteiger partial charge in [-0.1, -0.05) is 0 Å². The van der Waals surface area contributed by atoms with E-state index in [9.17, 15) is 4.79 Å². The van der Waals surface area contributed by atoms with E-state index >= 15 is 0 Å². The fraction of sp³-hybridized carbons (Fsp3) is 0.400. The number of hydrogen-bond donors (Lipinski definition) is 2. The summed E-state index contributed by atoms with van der Waals surface area (Å²) in [5.74, 6) is -0.326. The van der Waals surface area contributed by atoms with Gasteiger partial charge in [0, 0.05) is 0 Å². The number of nitrogens with zero attached hydrogens (tertiary/aromatic N) is 3. The highest BCUT2D eigenvalue weighted by atomic mass is 16.1. The zero-order chi connectivity index (χ0) is 8.43. The fourth-order valence-electron chi connectivity index (χ4n) is 0.605. The van der Waals surface area contributed by atoms with Gasteiger partial charge in [-0.05, 0) is 6.92 Å². The molecule has 0 aromatic carbocycles. The Bertz CT molecular complexity index is 268. The Morgan fingerprint density at radius 1 is 1.82 bits per heavy atom. The highest BCUT2D eigenvalue weighted by Gasteiger charge is 2.11. The normalized spacial score (nSPS) is 12.8. The van der Waals surface area contributed by atoms with Gasteiger partial charge in [-0.25, -0.2) is 9.67 Å². The SMILES string of the molecule is CC(C(N)=O)n1cnc(N)n1. The van der Waals surface area contributed by atoms with Gasteiger partial charge in [0.15, 0.2) is 0 Å². The summed E-state index contributed by atoms with van der Waals surface area (Å²) in [7, 11) is 0. The molecule has 0 bridgehead atoms. The predicted octanol–water partition coefficient (Wildman–Crippen LogP) is -1.09. The lowest BCUT2D eigenvalue weighted by Crippen LogP contribution is -2.24. The van der Waals surface area contributed by atoms with E-state index in [0.29, 0.717) is 0 Å². The van der Waals surface area contributed by atoms with Gasteiger partial charge in [-0.2, -0.15) is 0 Å². The predicted molar refractivity (Wildman–Crippen MR) is 38.3 cm³/mol. The monoisotopic (exact) mass is 155 g/mol. The van der Waals surface area contributed by atoms with E-state index in [0.717, 1.165) is 0 Å². The fourth-order valence-corrected chi connectivity index (χ4v) is 0.605. The van der Waals surface area contributed by atoms with Crippen LogP contribution in [0.25, 0.3) is 0 Å². The minimum atomic E-state index is -0.500. The molecule has 1 heterocycles. The summed E-state index contributed by atoms with van der Waals surface area (Å²) in [4.78, 5) is 14.2. The van der Waals surface area contributed by atoms with Crippen molar-refractivity contribution >= 4 is 11.9 Å². The van der Waals surface area contributed by atoms with Crippen LogP contribution < -0.4 is 11.5 Å². The molecule has 6 nitrogen and oxygen atoms in total. The van der Waals surface area contributed by atoms with E-state index < -0.39 is 11.9 Å². The zero-order valence-electron chi connectivity index (χ0n) is 6.06. The molecule has 0 saturated carbocycles. The van der Waals surface area contributed by atoms with Crippen LogP contribution in [0.15, 0.2) is 6.33 Å². The molecule has 0 spiro atoms. The molecule has 0 fully saturated rings. The highest BCUT2D eigenvalue weighted by Crippen LogP contribution is 2.01. The highest BCUT2D eigenvalue weighted by molar-refractivity contribution is 5.77. The Morgan fingerprint density at radius 3 is 2.82 bits per heavy atom. The maximum absolute atomic E-state index is 10.6. The van der Waals surface area contributed by atoms with Crippen molar-refractivity contribution in [3.8, 4) is 0 Å². The second-order valence-electron chi connectivity index (χ2n) is 2.16. The van der Waals surface area contributed by atoms with Gasteiger partial charge in [0.05, 0.1) is 0 Å². The first kappa shape index (κ1) is 7.52. The second kappa shape index (κ2) is 2.57. The molecule has 0 aliphatic rings. The molecule has 1 atom stereocenters. The van der Waals surface area contributed by atoms with Crippen molar-refractivity contribution in [1.29, 1.82) is 0 Å². The third kappa shape index (κ3) is 1.46. The summed E-state index contributed by atoms with van der Waals surface area (Å²) in [6, 6.07) is -0.500. The summed E-state index contributed by atoms with van der Waals surface area (Å²) < 4.78 is 1.32. The lowest BCUT2D eigenvalue weighted by molar-refractivity contribution is -0.120. The molecular weight excluding hydrogens is 146 g/mol. The topological polar surface area (TPSA) is 99.8 Å². The lowest BCUT2D eigenvalue weighted by atomic mass is 10.3. The summed E-state index contributed by atoms with van der Waals surface area (Å²) in [5, 5.41) is 3.71. The molecule has 0 radical (unpaired) electrons. The Kier molecular flexibility index (Phi) is 1.75. The number of hydrogen-bond acceptors (Lipinski definition) is 4. The van der Waals surface area contributed by atoms with Crippen LogP contribution in [-0.2, 0) is 4.79 Å². The first-order valence-electron chi connectivity index (χ1n) is 3.07. The molecule has 11 heavy (non-hydrogen) atoms. The zero-order valence-corrected chi connectivity index (χ0v) is 6.06. The van der Waals surface area contributed by atoms with Gasteiger partial charge in [0.25, 0.3) is 0 Å². The molecule has 0 saturated heterocycles. The third-order valence-corrected chi connectivity index (χ3v) is 1.33. The Morgan fingerprint density at radius 2 is 2.45 bits per heavy atom. The smallest absolute Gasteiger partial charge is 0.242 e. The number of aromatic nitrogens is 3. The minimum absolute atomic E-state index is 0.137. The van der Waals surface area contributed by atoms with Crippen molar-refractivity contribution in [3.63, 3.8) is 0 Å². The van der Waals surface area contributed by atoms with Gasteiger partial charge < -0.3 is 11.5 Å². The van der Waals surface area contributed by atoms with Crippen LogP contribution in [0.3, 0.4) is 0 Å². The molecular formula is C5H9N5O. The van der Waals surface area contributed by atoms with E-state index in [1.807, 2.05) is 0 Å². The van der Waals surface area contributed by atoms with E-state index in [1.54, 1.807) is 6.92 Å². The maximum Gasteiger partial charge on any atom is 0.242 e. The van der Waals surface area contributed by atoms with Crippen LogP contribution in [0.5, 0.6) is 0 Å². The second-order valence-corrected chi connectivity index (χ2v) is 2.16. The van der Waals surface area contributed by atoms with E-state index in [1.165, 1.54) is 11.0 Å². The third-order valence-electron chi connectivity index (χ3n) is 1.33. The van der Waals surface area contributed by atoms with Crippen LogP contribution in [0.4, 0.5) is 5.95 Å². The lowest BCUT2D eigenvalue weighted by Gasteiger charge is -2.04. The molecule has 1 rings (SSSR count). The van der Waals surface area contributed by atoms with E-state index in [-0.39, 0.29) is 5.95 Å². The number of carbonyl (C=O) groups is 1. The van der Waals surface area contributed by atoms with Crippen molar-refractivity contribution in [2.75, 3.05) is 5.73 Å². The molecule has 0 aliphatic carbocycles. The average Bonchev–Trinajstić information content (AvgIpc) is 2.34. The first-order chi connectivity index (χ1) is 5.11. The Balaban J connectivity index is 2.84. The largest absolute Gasteiger partial charge is 0.368 e. The molecule has 60 valence electrons. The standard InChI is InChI=1S/C5H9N5O/c1-3(4(6)11)10-2-8-5(7)9-10/h2-3H,1H3,(H2,6,11)(H2,7,9). The summed E-state index contributed by atoms with van der Waals surface area (Å²) in [6.45, 7) is 1.62. The van der Waals surface area contributed by atoms with Crippen LogP contribution >= 0.6 is 0 Å². The van der Waals surface area contributed by atoms with E-state index in [2.05, 4.69) is 10.1 Å². The van der Waals surface area contributed by atoms with Gasteiger partial charge in [0.1, 0.15) is 12.4 Å². The molecule has 4 N–H and O–H groups in total. The van der Waals surface area contributed by atoms with Crippen LogP contribution in [-0.4, -0.2) is 20.7 Å². The molecule has 1 aromatic rings. The van der Waals surface area contributed by atoms with Crippen LogP contribution in [0.2, 0.25) is 0 Å². The van der Waals surface area contributed by atoms with Crippen molar-refractivity contribution in [1.82, 2.24) is 14.8 Å². The first-order valence-corrected chi connectivity index (χ1v) is 3.07. The van der Waals surface area contributed by atoms with Crippen molar-refractivity contribution in [2.45, 2.75) is 13.0 Å². The minimum Gasteiger partial charge on any atom is -0.368 e. The molecule has 1 aromatic heterocycles. The van der Waals surface area contributed by atoms with Gasteiger partial charge in [0.2, 0.25) is 11.9 Å². The Hall–Kier alpha value is -1.59. The molecule has 6 heteroatoms. The maximum atomic E-state index is 10.6. The molecule has 1 amide bonds. The molecule has 0 aliphatic heterocycles. The van der Waals surface area contributed by atoms with Gasteiger partial charge in [-0.15, -0.1) is 5.10 Å². The quantitative estimate of drug-likeness (QED) is 0.566. The van der Waals surface area contributed by atoms with Crippen LogP contribution in [0.1, 0.15) is 13.0 Å². The number of carbonyl (C=O) groups excluding carboxylic acids is 1. The molecule has 1 unspecified atom stereocenters. The van der Waals surface area contributed by atoms with E-state index in [4.69, 9.17) is 11.5 Å². The van der Waals surface area contributed by atoms with Crippen molar-refractivity contribution < 1.29 is 4.79 Å². The van der Waals surface area contributed by atoms with Crippen LogP contribution in [0, 0.1) is 0 Å². The number of amides is 1. The summed E-state index contributed by atoms with van der Waals surface area (Å²) in [5.41, 5.74) is 10.2. The Labute approximate surface area is 63.2 Å². The number of rotatable bonds is 2. The van der Waals surface area contributed by atoms with Crippen molar-refractivity contribution in [3.05, 3.63) is 6.33 Å². The van der Waals surface area contributed by atoms with Crippen molar-refractivity contribution in [2.24, 2.45) is 5.73 Å². The average molecular weight is 155 g/mol. The number of nitrogens with two attached hydrogens (primary N) is 2. The summed E-state index contributed by atoms with van der Waals surface area (Å²) >= 11 is 0. The van der Waals surface area contributed by atoms with Gasteiger partial charge in [-0.3, -0.25) is 4.79 Å². The number of anilines is 1.